The van der Waals surface area contributed by atoms with Gasteiger partial charge in [0, 0.05) is 13.2 Å². The minimum Gasteiger partial charge on any atom is -0.457 e. The molecule has 0 fully saturated rings. The predicted octanol–water partition coefficient (Wildman–Crippen LogP) is 2.98. The zero-order chi connectivity index (χ0) is 14.2. The summed E-state index contributed by atoms with van der Waals surface area (Å²) in [5.41, 5.74) is 0. The molecule has 0 radical (unpaired) electrons. The van der Waals surface area contributed by atoms with Crippen molar-refractivity contribution in [3.05, 3.63) is 54.6 Å². The average Bonchev–Trinajstić information content (AvgIpc) is 2.48. The van der Waals surface area contributed by atoms with Crippen molar-refractivity contribution in [2.45, 2.75) is 13.8 Å². The molecule has 0 amide bonds. The van der Waals surface area contributed by atoms with E-state index >= 15 is 0 Å². The Morgan fingerprint density at radius 2 is 1.45 bits per heavy atom. The Bertz CT molecular complexity index is 510. The summed E-state index contributed by atoms with van der Waals surface area (Å²) in [4.78, 5) is 0. The molecular weight excluding hydrogens is 268 g/mol. The van der Waals surface area contributed by atoms with Crippen LogP contribution in [0.3, 0.4) is 0 Å². The van der Waals surface area contributed by atoms with Gasteiger partial charge in [0.1, 0.15) is 11.5 Å². The molecule has 0 bridgehead atoms. The summed E-state index contributed by atoms with van der Waals surface area (Å²) in [6, 6.07) is 17.7. The van der Waals surface area contributed by atoms with Crippen molar-refractivity contribution in [1.82, 2.24) is 0 Å². The second kappa shape index (κ2) is 7.84. The molecule has 4 heteroatoms. The summed E-state index contributed by atoms with van der Waals surface area (Å²) in [5.74, 6) is 1.64. The van der Waals surface area contributed by atoms with Crippen molar-refractivity contribution >= 4 is 14.5 Å². The minimum atomic E-state index is -1.81. The molecule has 0 atom stereocenters. The maximum Gasteiger partial charge on any atom is 0.355 e. The van der Waals surface area contributed by atoms with Crippen LogP contribution in [-0.4, -0.2) is 22.5 Å². The molecule has 0 aliphatic carbocycles. The first-order valence-corrected chi connectivity index (χ1v) is 8.41. The number of hydrogen-bond donors (Lipinski definition) is 0. The van der Waals surface area contributed by atoms with E-state index in [-0.39, 0.29) is 0 Å². The number of rotatable bonds is 7. The van der Waals surface area contributed by atoms with Crippen molar-refractivity contribution in [2.24, 2.45) is 0 Å². The van der Waals surface area contributed by atoms with Gasteiger partial charge in [0.25, 0.3) is 0 Å². The van der Waals surface area contributed by atoms with E-state index in [9.17, 15) is 0 Å². The predicted molar refractivity (Wildman–Crippen MR) is 83.0 cm³/mol. The van der Waals surface area contributed by atoms with Gasteiger partial charge in [0.2, 0.25) is 0 Å². The van der Waals surface area contributed by atoms with E-state index < -0.39 is 9.28 Å². The van der Waals surface area contributed by atoms with Crippen LogP contribution in [0, 0.1) is 0 Å². The minimum absolute atomic E-state index is 0.667. The average molecular weight is 288 g/mol. The number of para-hydroxylation sites is 1. The summed E-state index contributed by atoms with van der Waals surface area (Å²) >= 11 is 0. The summed E-state index contributed by atoms with van der Waals surface area (Å²) in [6.07, 6.45) is 0. The van der Waals surface area contributed by atoms with Gasteiger partial charge < -0.3 is 13.6 Å². The highest BCUT2D eigenvalue weighted by atomic mass is 28.3. The molecule has 2 aromatic carbocycles. The normalized spacial score (nSPS) is 10.8. The Morgan fingerprint density at radius 3 is 2.10 bits per heavy atom. The lowest BCUT2D eigenvalue weighted by Crippen LogP contribution is -2.36. The van der Waals surface area contributed by atoms with Crippen molar-refractivity contribution in [2.75, 3.05) is 13.2 Å². The molecule has 0 aromatic heterocycles. The Labute approximate surface area is 122 Å². The first-order chi connectivity index (χ1) is 9.83. The molecular formula is C16H20O3Si. The van der Waals surface area contributed by atoms with E-state index in [1.54, 1.807) is 0 Å². The molecule has 2 rings (SSSR count). The molecule has 0 N–H and O–H groups in total. The molecule has 0 heterocycles. The lowest BCUT2D eigenvalue weighted by atomic mass is 10.3. The van der Waals surface area contributed by atoms with E-state index in [1.807, 2.05) is 68.4 Å². The molecule has 2 aromatic rings. The van der Waals surface area contributed by atoms with Crippen molar-refractivity contribution in [3.63, 3.8) is 0 Å². The molecule has 0 saturated carbocycles. The molecule has 0 spiro atoms. The third kappa shape index (κ3) is 4.20. The topological polar surface area (TPSA) is 27.7 Å². The molecule has 0 saturated heterocycles. The van der Waals surface area contributed by atoms with Gasteiger partial charge in [0.15, 0.2) is 0 Å². The van der Waals surface area contributed by atoms with Crippen LogP contribution in [0.1, 0.15) is 13.8 Å². The maximum atomic E-state index is 5.84. The van der Waals surface area contributed by atoms with Crippen LogP contribution < -0.4 is 9.92 Å². The van der Waals surface area contributed by atoms with Gasteiger partial charge in [-0.05, 0) is 43.3 Å². The van der Waals surface area contributed by atoms with Crippen LogP contribution in [0.2, 0.25) is 0 Å². The van der Waals surface area contributed by atoms with Gasteiger partial charge in [-0.1, -0.05) is 30.3 Å². The third-order valence-corrected chi connectivity index (χ3v) is 4.92. The summed E-state index contributed by atoms with van der Waals surface area (Å²) < 4.78 is 17.3. The molecule has 0 aliphatic heterocycles. The van der Waals surface area contributed by atoms with Gasteiger partial charge in [-0.3, -0.25) is 0 Å². The fourth-order valence-corrected chi connectivity index (χ4v) is 3.55. The monoisotopic (exact) mass is 288 g/mol. The molecule has 106 valence electrons. The number of ether oxygens (including phenoxy) is 1. The second-order valence-corrected chi connectivity index (χ2v) is 6.23. The van der Waals surface area contributed by atoms with E-state index in [0.717, 1.165) is 16.7 Å². The molecule has 0 aliphatic rings. The van der Waals surface area contributed by atoms with Crippen LogP contribution in [0.5, 0.6) is 11.5 Å². The Morgan fingerprint density at radius 1 is 0.800 bits per heavy atom. The van der Waals surface area contributed by atoms with Crippen molar-refractivity contribution in [3.8, 4) is 11.5 Å². The first kappa shape index (κ1) is 14.8. The highest BCUT2D eigenvalue weighted by Crippen LogP contribution is 2.19. The smallest absolute Gasteiger partial charge is 0.355 e. The van der Waals surface area contributed by atoms with Gasteiger partial charge in [0.05, 0.1) is 0 Å². The molecule has 0 unspecified atom stereocenters. The standard InChI is InChI=1S/C16H20O3Si/c1-3-17-20(18-4-2)16-12-8-11-15(13-16)19-14-9-6-5-7-10-14/h5-13,20H,3-4H2,1-2H3. The highest BCUT2D eigenvalue weighted by Gasteiger charge is 2.16. The molecule has 20 heavy (non-hydrogen) atoms. The number of benzene rings is 2. The molecule has 3 nitrogen and oxygen atoms in total. The van der Waals surface area contributed by atoms with Crippen LogP contribution >= 0.6 is 0 Å². The van der Waals surface area contributed by atoms with Gasteiger partial charge >= 0.3 is 9.28 Å². The highest BCUT2D eigenvalue weighted by molar-refractivity contribution is 6.61. The fraction of sp³-hybridized carbons (Fsp3) is 0.250. The summed E-state index contributed by atoms with van der Waals surface area (Å²) in [5, 5.41) is 1.10. The summed E-state index contributed by atoms with van der Waals surface area (Å²) in [6.45, 7) is 5.31. The van der Waals surface area contributed by atoms with Crippen LogP contribution in [0.25, 0.3) is 0 Å². The van der Waals surface area contributed by atoms with Gasteiger partial charge in [-0.25, -0.2) is 0 Å². The number of hydrogen-bond acceptors (Lipinski definition) is 3. The zero-order valence-electron chi connectivity index (χ0n) is 11.9. The third-order valence-electron chi connectivity index (χ3n) is 2.75. The second-order valence-electron chi connectivity index (χ2n) is 4.23. The van der Waals surface area contributed by atoms with E-state index in [4.69, 9.17) is 13.6 Å². The Hall–Kier alpha value is -1.62. The van der Waals surface area contributed by atoms with Gasteiger partial charge in [-0.15, -0.1) is 0 Å². The van der Waals surface area contributed by atoms with Crippen LogP contribution in [-0.2, 0) is 8.85 Å². The fourth-order valence-electron chi connectivity index (χ4n) is 1.89. The van der Waals surface area contributed by atoms with Gasteiger partial charge in [-0.2, -0.15) is 0 Å². The zero-order valence-corrected chi connectivity index (χ0v) is 13.1. The van der Waals surface area contributed by atoms with Crippen molar-refractivity contribution in [1.29, 1.82) is 0 Å². The van der Waals surface area contributed by atoms with Crippen LogP contribution in [0.4, 0.5) is 0 Å². The SMILES string of the molecule is CCO[SiH](OCC)c1cccc(Oc2ccccc2)c1. The van der Waals surface area contributed by atoms with E-state index in [1.165, 1.54) is 0 Å². The lowest BCUT2D eigenvalue weighted by molar-refractivity contribution is 0.225. The van der Waals surface area contributed by atoms with Crippen LogP contribution in [0.15, 0.2) is 54.6 Å². The maximum absolute atomic E-state index is 5.84. The lowest BCUT2D eigenvalue weighted by Gasteiger charge is -2.16. The Balaban J connectivity index is 2.14. The summed E-state index contributed by atoms with van der Waals surface area (Å²) in [7, 11) is -1.81. The van der Waals surface area contributed by atoms with E-state index in [2.05, 4.69) is 0 Å². The van der Waals surface area contributed by atoms with Crippen molar-refractivity contribution < 1.29 is 13.6 Å². The Kier molecular flexibility index (Phi) is 5.80. The largest absolute Gasteiger partial charge is 0.457 e. The first-order valence-electron chi connectivity index (χ1n) is 6.89. The van der Waals surface area contributed by atoms with E-state index in [0.29, 0.717) is 13.2 Å². The quantitative estimate of drug-likeness (QED) is 0.733.